The molecule has 1 rings (SSSR count). The fourth-order valence-corrected chi connectivity index (χ4v) is 5.71. The van der Waals surface area contributed by atoms with E-state index in [0.29, 0.717) is 0 Å². The summed E-state index contributed by atoms with van der Waals surface area (Å²) >= 11 is 1.38. The van der Waals surface area contributed by atoms with Crippen molar-refractivity contribution < 1.29 is 4.57 Å². The monoisotopic (exact) mass is 314 g/mol. The van der Waals surface area contributed by atoms with Crippen molar-refractivity contribution in [3.63, 3.8) is 0 Å². The molecule has 5 nitrogen and oxygen atoms in total. The molecule has 0 aliphatic rings. The number of anilines is 1. The first-order valence-electron chi connectivity index (χ1n) is 6.54. The highest BCUT2D eigenvalue weighted by Gasteiger charge is 2.24. The Morgan fingerprint density at radius 2 is 2.05 bits per heavy atom. The summed E-state index contributed by atoms with van der Waals surface area (Å²) in [7, 11) is 3.62. The van der Waals surface area contributed by atoms with E-state index in [0.717, 1.165) is 12.1 Å². The molecule has 0 spiro atoms. The number of benzene rings is 1. The molecule has 0 saturated carbocycles. The standard InChI is InChI=1S/C13H23N4OPS/c1-5-12(2)20-19(18,16-17(3)4)15-11-14-13-9-7-6-8-10-13/h6-12H,5H2,1-4H3,(H2,14,15,16,18). The van der Waals surface area contributed by atoms with Gasteiger partial charge in [-0.2, -0.15) is 9.96 Å². The minimum atomic E-state index is -2.89. The summed E-state index contributed by atoms with van der Waals surface area (Å²) in [5.74, 6) is 0. The summed E-state index contributed by atoms with van der Waals surface area (Å²) in [6.45, 7) is 1.24. The lowest BCUT2D eigenvalue weighted by Crippen LogP contribution is -2.26. The summed E-state index contributed by atoms with van der Waals surface area (Å²) in [5.41, 5.74) is 0.918. The van der Waals surface area contributed by atoms with Crippen molar-refractivity contribution in [1.82, 2.24) is 10.2 Å². The zero-order valence-corrected chi connectivity index (χ0v) is 14.1. The van der Waals surface area contributed by atoms with Gasteiger partial charge in [0.15, 0.2) is 0 Å². The van der Waals surface area contributed by atoms with Gasteiger partial charge in [-0.1, -0.05) is 43.4 Å². The zero-order valence-electron chi connectivity index (χ0n) is 12.4. The Kier molecular flexibility index (Phi) is 7.30. The van der Waals surface area contributed by atoms with Crippen LogP contribution in [0, 0.1) is 0 Å². The van der Waals surface area contributed by atoms with E-state index in [1.165, 1.54) is 17.7 Å². The molecule has 2 N–H and O–H groups in total. The van der Waals surface area contributed by atoms with Gasteiger partial charge in [0.05, 0.1) is 6.34 Å². The largest absolute Gasteiger partial charge is 0.346 e. The van der Waals surface area contributed by atoms with Gasteiger partial charge in [-0.05, 0) is 18.6 Å². The smallest absolute Gasteiger partial charge is 0.325 e. The molecule has 0 saturated heterocycles. The average Bonchev–Trinajstić information content (AvgIpc) is 2.38. The Morgan fingerprint density at radius 1 is 1.40 bits per heavy atom. The number of rotatable bonds is 8. The van der Waals surface area contributed by atoms with Crippen LogP contribution in [0.5, 0.6) is 0 Å². The van der Waals surface area contributed by atoms with E-state index < -0.39 is 6.65 Å². The Balaban J connectivity index is 2.71. The molecule has 7 heteroatoms. The lowest BCUT2D eigenvalue weighted by molar-refractivity contribution is 0.367. The molecule has 0 aromatic heterocycles. The summed E-state index contributed by atoms with van der Waals surface area (Å²) in [6, 6.07) is 9.67. The minimum absolute atomic E-state index is 0.280. The first kappa shape index (κ1) is 17.2. The van der Waals surface area contributed by atoms with Gasteiger partial charge in [0.25, 0.3) is 0 Å². The molecule has 1 aromatic rings. The fourth-order valence-electron chi connectivity index (χ4n) is 1.36. The van der Waals surface area contributed by atoms with E-state index >= 15 is 0 Å². The average molecular weight is 314 g/mol. The number of hydrazine groups is 1. The fraction of sp³-hybridized carbons (Fsp3) is 0.462. The number of nitrogens with zero attached hydrogens (tertiary/aromatic N) is 2. The predicted molar refractivity (Wildman–Crippen MR) is 90.3 cm³/mol. The molecule has 2 unspecified atom stereocenters. The number of nitrogens with one attached hydrogen (secondary N) is 2. The van der Waals surface area contributed by atoms with Crippen molar-refractivity contribution in [2.45, 2.75) is 25.5 Å². The normalized spacial score (nSPS) is 16.2. The highest BCUT2D eigenvalue weighted by molar-refractivity contribution is 8.57. The SMILES string of the molecule is CCC(C)SP(=O)(N=CNc1ccccc1)NN(C)C. The lowest BCUT2D eigenvalue weighted by atomic mass is 10.3. The third kappa shape index (κ3) is 6.57. The van der Waals surface area contributed by atoms with Gasteiger partial charge in [0, 0.05) is 25.0 Å². The maximum atomic E-state index is 12.8. The maximum absolute atomic E-state index is 12.8. The topological polar surface area (TPSA) is 56.7 Å². The number of para-hydroxylation sites is 1. The Morgan fingerprint density at radius 3 is 2.60 bits per heavy atom. The summed E-state index contributed by atoms with van der Waals surface area (Å²) in [5, 5.41) is 7.91. The number of hydrogen-bond acceptors (Lipinski definition) is 3. The molecule has 0 amide bonds. The second kappa shape index (κ2) is 8.47. The molecule has 0 bridgehead atoms. The van der Waals surface area contributed by atoms with Crippen LogP contribution < -0.4 is 10.5 Å². The Labute approximate surface area is 125 Å². The summed E-state index contributed by atoms with van der Waals surface area (Å²) < 4.78 is 17.0. The molecule has 2 atom stereocenters. The van der Waals surface area contributed by atoms with Crippen LogP contribution in [0.1, 0.15) is 20.3 Å². The van der Waals surface area contributed by atoms with E-state index in [2.05, 4.69) is 29.1 Å². The molecular formula is C13H23N4OPS. The predicted octanol–water partition coefficient (Wildman–Crippen LogP) is 3.83. The molecule has 0 radical (unpaired) electrons. The first-order valence-corrected chi connectivity index (χ1v) is 9.69. The van der Waals surface area contributed by atoms with Crippen molar-refractivity contribution in [3.8, 4) is 0 Å². The Bertz CT molecular complexity index is 467. The van der Waals surface area contributed by atoms with Gasteiger partial charge in [-0.3, -0.25) is 4.57 Å². The van der Waals surface area contributed by atoms with E-state index in [-0.39, 0.29) is 5.25 Å². The van der Waals surface area contributed by atoms with Crippen LogP contribution in [0.4, 0.5) is 5.69 Å². The van der Waals surface area contributed by atoms with Crippen molar-refractivity contribution in [3.05, 3.63) is 30.3 Å². The molecule has 112 valence electrons. The first-order chi connectivity index (χ1) is 9.45. The van der Waals surface area contributed by atoms with Crippen molar-refractivity contribution >= 4 is 30.1 Å². The molecular weight excluding hydrogens is 291 g/mol. The van der Waals surface area contributed by atoms with Crippen molar-refractivity contribution in [2.75, 3.05) is 19.4 Å². The minimum Gasteiger partial charge on any atom is -0.346 e. The summed E-state index contributed by atoms with van der Waals surface area (Å²) in [4.78, 5) is 0. The van der Waals surface area contributed by atoms with E-state index in [1.54, 1.807) is 5.01 Å². The van der Waals surface area contributed by atoms with Gasteiger partial charge in [-0.15, -0.1) is 0 Å². The van der Waals surface area contributed by atoms with E-state index in [1.807, 2.05) is 44.4 Å². The highest BCUT2D eigenvalue weighted by Crippen LogP contribution is 2.58. The summed E-state index contributed by atoms with van der Waals surface area (Å²) in [6.07, 6.45) is 2.45. The second-order valence-corrected chi connectivity index (χ2v) is 9.20. The van der Waals surface area contributed by atoms with Gasteiger partial charge >= 0.3 is 6.65 Å². The van der Waals surface area contributed by atoms with Crippen LogP contribution in [0.15, 0.2) is 35.1 Å². The molecule has 0 fully saturated rings. The third-order valence-electron chi connectivity index (χ3n) is 2.44. The van der Waals surface area contributed by atoms with E-state index in [9.17, 15) is 4.57 Å². The molecule has 1 aromatic carbocycles. The Hall–Kier alpha value is -0.810. The van der Waals surface area contributed by atoms with E-state index in [4.69, 9.17) is 0 Å². The third-order valence-corrected chi connectivity index (χ3v) is 6.95. The van der Waals surface area contributed by atoms with Crippen LogP contribution >= 0.6 is 18.0 Å². The van der Waals surface area contributed by atoms with Gasteiger partial charge in [0.2, 0.25) is 0 Å². The van der Waals surface area contributed by atoms with Crippen LogP contribution in [-0.2, 0) is 4.57 Å². The quantitative estimate of drug-likeness (QED) is 0.330. The van der Waals surface area contributed by atoms with Gasteiger partial charge < -0.3 is 5.32 Å². The van der Waals surface area contributed by atoms with Gasteiger partial charge in [0.1, 0.15) is 0 Å². The molecule has 0 heterocycles. The van der Waals surface area contributed by atoms with Crippen LogP contribution in [0.25, 0.3) is 0 Å². The zero-order chi connectivity index (χ0) is 15.0. The van der Waals surface area contributed by atoms with Gasteiger partial charge in [-0.25, -0.2) is 5.01 Å². The van der Waals surface area contributed by atoms with Crippen molar-refractivity contribution in [2.24, 2.45) is 4.76 Å². The highest BCUT2D eigenvalue weighted by atomic mass is 32.7. The van der Waals surface area contributed by atoms with Crippen LogP contribution in [-0.4, -0.2) is 30.7 Å². The maximum Gasteiger partial charge on any atom is 0.325 e. The molecule has 0 aliphatic carbocycles. The second-order valence-electron chi connectivity index (χ2n) is 4.59. The van der Waals surface area contributed by atoms with Crippen molar-refractivity contribution in [1.29, 1.82) is 0 Å². The lowest BCUT2D eigenvalue weighted by Gasteiger charge is -2.21. The van der Waals surface area contributed by atoms with Crippen LogP contribution in [0.3, 0.4) is 0 Å². The van der Waals surface area contributed by atoms with Crippen LogP contribution in [0.2, 0.25) is 0 Å². The molecule has 0 aliphatic heterocycles. The molecule has 20 heavy (non-hydrogen) atoms. The number of hydrogen-bond donors (Lipinski definition) is 2.